The maximum absolute atomic E-state index is 13.4. The van der Waals surface area contributed by atoms with Crippen LogP contribution in [0, 0.1) is 5.41 Å². The number of nitrogens with two attached hydrogens (primary N) is 1. The molecule has 28 heavy (non-hydrogen) atoms. The first-order valence-corrected chi connectivity index (χ1v) is 9.15. The number of ether oxygens (including phenoxy) is 2. The van der Waals surface area contributed by atoms with Crippen molar-refractivity contribution in [3.05, 3.63) is 51.6 Å². The third kappa shape index (κ3) is 2.26. The Bertz CT molecular complexity index is 1020. The lowest BCUT2D eigenvalue weighted by molar-refractivity contribution is -0.139. The highest BCUT2D eigenvalue weighted by atomic mass is 35.5. The lowest BCUT2D eigenvalue weighted by Gasteiger charge is -2.41. The van der Waals surface area contributed by atoms with Gasteiger partial charge in [-0.15, -0.1) is 0 Å². The van der Waals surface area contributed by atoms with Crippen molar-refractivity contribution in [2.45, 2.75) is 32.1 Å². The van der Waals surface area contributed by atoms with E-state index in [9.17, 15) is 14.4 Å². The Morgan fingerprint density at radius 3 is 2.68 bits per heavy atom. The summed E-state index contributed by atoms with van der Waals surface area (Å²) in [5.41, 5.74) is 4.63. The van der Waals surface area contributed by atoms with Crippen molar-refractivity contribution in [1.82, 2.24) is 0 Å². The number of amides is 1. The van der Waals surface area contributed by atoms with Gasteiger partial charge in [0.2, 0.25) is 11.8 Å². The third-order valence-corrected chi connectivity index (χ3v) is 5.77. The summed E-state index contributed by atoms with van der Waals surface area (Å²) in [5.74, 6) is -1.65. The molecule has 3 aliphatic rings. The van der Waals surface area contributed by atoms with E-state index >= 15 is 0 Å². The van der Waals surface area contributed by atoms with Crippen molar-refractivity contribution in [1.29, 1.82) is 0 Å². The second-order valence-electron chi connectivity index (χ2n) is 7.94. The Labute approximate surface area is 166 Å². The highest BCUT2D eigenvalue weighted by Gasteiger charge is 2.62. The topological polar surface area (TPSA) is 108 Å². The Morgan fingerprint density at radius 1 is 1.29 bits per heavy atom. The summed E-state index contributed by atoms with van der Waals surface area (Å²) < 4.78 is 10.6. The fourth-order valence-electron chi connectivity index (χ4n) is 4.41. The number of Topliss-reactive ketones (excluding diaryl/α,β-unsaturated/α-hetero) is 1. The van der Waals surface area contributed by atoms with Crippen LogP contribution in [0.25, 0.3) is 0 Å². The second-order valence-corrected chi connectivity index (χ2v) is 8.35. The van der Waals surface area contributed by atoms with Crippen LogP contribution in [-0.4, -0.2) is 24.8 Å². The smallest absolute Gasteiger partial charge is 0.340 e. The number of fused-ring (bicyclic) bond motifs is 3. The number of hydrogen-bond donors (Lipinski definition) is 2. The van der Waals surface area contributed by atoms with Crippen LogP contribution < -0.4 is 11.1 Å². The van der Waals surface area contributed by atoms with Gasteiger partial charge in [0.15, 0.2) is 5.78 Å². The molecule has 2 heterocycles. The molecule has 0 aromatic heterocycles. The van der Waals surface area contributed by atoms with Gasteiger partial charge in [-0.2, -0.15) is 0 Å². The van der Waals surface area contributed by atoms with Gasteiger partial charge in [-0.25, -0.2) is 4.79 Å². The van der Waals surface area contributed by atoms with E-state index in [0.717, 1.165) is 0 Å². The van der Waals surface area contributed by atoms with E-state index in [-0.39, 0.29) is 34.6 Å². The largest absolute Gasteiger partial charge is 0.465 e. The maximum Gasteiger partial charge on any atom is 0.340 e. The first-order valence-electron chi connectivity index (χ1n) is 8.77. The van der Waals surface area contributed by atoms with Crippen LogP contribution in [0.1, 0.15) is 32.3 Å². The molecule has 146 valence electrons. The fourth-order valence-corrected chi connectivity index (χ4v) is 4.63. The molecular formula is C20H19ClN2O5. The number of allylic oxidation sites excluding steroid dienone is 1. The van der Waals surface area contributed by atoms with E-state index in [1.54, 1.807) is 18.2 Å². The minimum Gasteiger partial charge on any atom is -0.465 e. The van der Waals surface area contributed by atoms with Crippen LogP contribution in [0.15, 0.2) is 41.0 Å². The molecule has 3 N–H and O–H groups in total. The molecule has 1 aliphatic carbocycles. The molecule has 1 aromatic carbocycles. The highest BCUT2D eigenvalue weighted by Crippen LogP contribution is 2.57. The first kappa shape index (κ1) is 18.6. The van der Waals surface area contributed by atoms with E-state index in [0.29, 0.717) is 28.5 Å². The molecule has 1 amide bonds. The number of benzene rings is 1. The zero-order valence-corrected chi connectivity index (χ0v) is 16.4. The van der Waals surface area contributed by atoms with Crippen LogP contribution >= 0.6 is 11.6 Å². The van der Waals surface area contributed by atoms with Crippen molar-refractivity contribution in [3.8, 4) is 0 Å². The normalized spacial score (nSPS) is 25.3. The molecule has 7 nitrogen and oxygen atoms in total. The lowest BCUT2D eigenvalue weighted by Crippen LogP contribution is -2.50. The monoisotopic (exact) mass is 402 g/mol. The number of halogens is 1. The molecule has 2 aliphatic heterocycles. The average Bonchev–Trinajstić information content (AvgIpc) is 2.87. The maximum atomic E-state index is 13.4. The minimum absolute atomic E-state index is 0.125. The zero-order valence-electron chi connectivity index (χ0n) is 15.6. The Balaban J connectivity index is 2.11. The molecular weight excluding hydrogens is 384 g/mol. The van der Waals surface area contributed by atoms with E-state index in [1.165, 1.54) is 7.11 Å². The van der Waals surface area contributed by atoms with E-state index < -0.39 is 17.3 Å². The van der Waals surface area contributed by atoms with Gasteiger partial charge in [0, 0.05) is 18.4 Å². The first-order chi connectivity index (χ1) is 13.1. The quantitative estimate of drug-likeness (QED) is 0.699. The fraction of sp³-hybridized carbons (Fsp3) is 0.350. The lowest BCUT2D eigenvalue weighted by atomic mass is 9.62. The molecule has 0 fully saturated rings. The molecule has 1 spiro atoms. The van der Waals surface area contributed by atoms with Crippen LogP contribution in [0.2, 0.25) is 5.02 Å². The van der Waals surface area contributed by atoms with Gasteiger partial charge in [-0.1, -0.05) is 37.6 Å². The van der Waals surface area contributed by atoms with Crippen molar-refractivity contribution in [2.24, 2.45) is 11.1 Å². The third-order valence-electron chi connectivity index (χ3n) is 5.45. The molecule has 1 aromatic rings. The Hall–Kier alpha value is -2.80. The van der Waals surface area contributed by atoms with Crippen LogP contribution in [-0.2, 0) is 29.3 Å². The van der Waals surface area contributed by atoms with Gasteiger partial charge >= 0.3 is 5.97 Å². The van der Waals surface area contributed by atoms with Crippen LogP contribution in [0.4, 0.5) is 5.69 Å². The van der Waals surface area contributed by atoms with Gasteiger partial charge in [0.05, 0.1) is 23.4 Å². The molecule has 0 saturated heterocycles. The average molecular weight is 403 g/mol. The van der Waals surface area contributed by atoms with Crippen LogP contribution in [0.3, 0.4) is 0 Å². The zero-order chi connectivity index (χ0) is 20.4. The number of para-hydroxylation sites is 1. The molecule has 1 unspecified atom stereocenters. The number of carbonyl (C=O) groups is 3. The minimum atomic E-state index is -1.75. The number of anilines is 1. The molecule has 1 atom stereocenters. The van der Waals surface area contributed by atoms with E-state index in [2.05, 4.69) is 5.32 Å². The number of hydrogen-bond acceptors (Lipinski definition) is 6. The molecule has 8 heteroatoms. The van der Waals surface area contributed by atoms with Gasteiger partial charge in [-0.05, 0) is 11.5 Å². The Kier molecular flexibility index (Phi) is 3.88. The summed E-state index contributed by atoms with van der Waals surface area (Å²) in [6.07, 6.45) is 0.600. The molecule has 0 radical (unpaired) electrons. The summed E-state index contributed by atoms with van der Waals surface area (Å²) in [6.45, 7) is 3.86. The van der Waals surface area contributed by atoms with Gasteiger partial charge in [0.25, 0.3) is 0 Å². The predicted molar refractivity (Wildman–Crippen MR) is 101 cm³/mol. The number of esters is 1. The van der Waals surface area contributed by atoms with E-state index in [1.807, 2.05) is 13.8 Å². The number of carbonyl (C=O) groups excluding carboxylic acids is 3. The summed E-state index contributed by atoms with van der Waals surface area (Å²) in [4.78, 5) is 39.3. The molecule has 0 bridgehead atoms. The highest BCUT2D eigenvalue weighted by molar-refractivity contribution is 6.36. The van der Waals surface area contributed by atoms with Crippen molar-refractivity contribution < 1.29 is 23.9 Å². The van der Waals surface area contributed by atoms with Crippen LogP contribution in [0.5, 0.6) is 0 Å². The summed E-state index contributed by atoms with van der Waals surface area (Å²) in [5, 5.41) is 3.01. The summed E-state index contributed by atoms with van der Waals surface area (Å²) in [7, 11) is 1.18. The number of ketones is 1. The molecule has 4 rings (SSSR count). The van der Waals surface area contributed by atoms with Gasteiger partial charge < -0.3 is 20.5 Å². The number of methoxy groups -OCH3 is 1. The predicted octanol–water partition coefficient (Wildman–Crippen LogP) is 2.55. The SMILES string of the molecule is COC(=O)C1=C(N)OC2=C(C(=O)CC(C)(C)C2)C12C(=O)Nc1c(Cl)cccc12. The summed E-state index contributed by atoms with van der Waals surface area (Å²) in [6, 6.07) is 4.92. The molecule has 0 saturated carbocycles. The van der Waals surface area contributed by atoms with Gasteiger partial charge in [0.1, 0.15) is 16.7 Å². The van der Waals surface area contributed by atoms with Gasteiger partial charge in [-0.3, -0.25) is 9.59 Å². The standard InChI is InChI=1S/C20H19ClN2O5/c1-19(2)7-11(24)13-12(8-19)28-16(22)14(17(25)27-3)20(13)9-5-4-6-10(21)15(9)23-18(20)26/h4-6H,7-8,22H2,1-3H3,(H,23,26). The van der Waals surface area contributed by atoms with Crippen molar-refractivity contribution in [2.75, 3.05) is 12.4 Å². The number of nitrogens with one attached hydrogen (secondary N) is 1. The van der Waals surface area contributed by atoms with Crippen molar-refractivity contribution >= 4 is 34.9 Å². The Morgan fingerprint density at radius 2 is 2.00 bits per heavy atom. The van der Waals surface area contributed by atoms with E-state index in [4.69, 9.17) is 26.8 Å². The summed E-state index contributed by atoms with van der Waals surface area (Å²) >= 11 is 6.28. The van der Waals surface area contributed by atoms with Crippen molar-refractivity contribution in [3.63, 3.8) is 0 Å². The second kappa shape index (κ2) is 5.85. The number of rotatable bonds is 1.